The number of amides is 2. The SMILES string of the molecule is CS(=O)(=O)N(CC(=O)Nc1ccccc1C(=O)NC1CCCCC1)c1ccccc1Oc1ccccc1. The smallest absolute Gasteiger partial charge is 0.253 e. The molecule has 2 amide bonds. The van der Waals surface area contributed by atoms with E-state index in [9.17, 15) is 18.0 Å². The molecule has 8 nitrogen and oxygen atoms in total. The highest BCUT2D eigenvalue weighted by Gasteiger charge is 2.25. The van der Waals surface area contributed by atoms with Crippen LogP contribution in [0.15, 0.2) is 78.9 Å². The van der Waals surface area contributed by atoms with Gasteiger partial charge in [0.1, 0.15) is 12.3 Å². The summed E-state index contributed by atoms with van der Waals surface area (Å²) in [5, 5.41) is 5.78. The molecule has 1 aliphatic rings. The zero-order valence-electron chi connectivity index (χ0n) is 20.7. The van der Waals surface area contributed by atoms with Gasteiger partial charge in [0.15, 0.2) is 5.75 Å². The Balaban J connectivity index is 1.52. The number of benzene rings is 3. The number of anilines is 2. The van der Waals surface area contributed by atoms with E-state index in [4.69, 9.17) is 4.74 Å². The van der Waals surface area contributed by atoms with Crippen LogP contribution in [0.4, 0.5) is 11.4 Å². The summed E-state index contributed by atoms with van der Waals surface area (Å²) in [6, 6.07) is 22.4. The van der Waals surface area contributed by atoms with E-state index in [0.29, 0.717) is 22.7 Å². The van der Waals surface area contributed by atoms with Crippen molar-refractivity contribution in [1.29, 1.82) is 0 Å². The number of nitrogens with one attached hydrogen (secondary N) is 2. The number of para-hydroxylation sites is 4. The fourth-order valence-electron chi connectivity index (χ4n) is 4.37. The predicted molar refractivity (Wildman–Crippen MR) is 145 cm³/mol. The first kappa shape index (κ1) is 26.2. The Bertz CT molecular complexity index is 1340. The third kappa shape index (κ3) is 7.10. The van der Waals surface area contributed by atoms with E-state index in [1.54, 1.807) is 60.7 Å². The molecule has 3 aromatic carbocycles. The molecule has 4 rings (SSSR count). The van der Waals surface area contributed by atoms with Gasteiger partial charge in [-0.2, -0.15) is 0 Å². The van der Waals surface area contributed by atoms with Gasteiger partial charge in [-0.3, -0.25) is 13.9 Å². The largest absolute Gasteiger partial charge is 0.455 e. The molecule has 3 aromatic rings. The van der Waals surface area contributed by atoms with Crippen LogP contribution in [0, 0.1) is 0 Å². The summed E-state index contributed by atoms with van der Waals surface area (Å²) in [4.78, 5) is 26.0. The molecule has 0 radical (unpaired) electrons. The number of hydrogen-bond donors (Lipinski definition) is 2. The van der Waals surface area contributed by atoms with Crippen molar-refractivity contribution in [2.75, 3.05) is 22.4 Å². The van der Waals surface area contributed by atoms with Gasteiger partial charge in [0, 0.05) is 6.04 Å². The van der Waals surface area contributed by atoms with Gasteiger partial charge in [-0.25, -0.2) is 8.42 Å². The molecule has 0 bridgehead atoms. The highest BCUT2D eigenvalue weighted by molar-refractivity contribution is 7.92. The molecule has 0 spiro atoms. The Hall–Kier alpha value is -3.85. The van der Waals surface area contributed by atoms with Crippen LogP contribution < -0.4 is 19.7 Å². The summed E-state index contributed by atoms with van der Waals surface area (Å²) in [6.07, 6.45) is 6.25. The van der Waals surface area contributed by atoms with E-state index in [2.05, 4.69) is 10.6 Å². The molecule has 1 fully saturated rings. The van der Waals surface area contributed by atoms with Gasteiger partial charge in [-0.05, 0) is 49.2 Å². The van der Waals surface area contributed by atoms with Gasteiger partial charge in [-0.1, -0.05) is 61.7 Å². The molecule has 9 heteroatoms. The molecule has 194 valence electrons. The Morgan fingerprint density at radius 3 is 2.27 bits per heavy atom. The lowest BCUT2D eigenvalue weighted by Gasteiger charge is -2.25. The number of carbonyl (C=O) groups excluding carboxylic acids is 2. The number of hydrogen-bond acceptors (Lipinski definition) is 5. The third-order valence-electron chi connectivity index (χ3n) is 6.18. The van der Waals surface area contributed by atoms with Crippen molar-refractivity contribution in [2.45, 2.75) is 38.1 Å². The fraction of sp³-hybridized carbons (Fsp3) is 0.286. The van der Waals surface area contributed by atoms with Crippen molar-refractivity contribution in [2.24, 2.45) is 0 Å². The summed E-state index contributed by atoms with van der Waals surface area (Å²) in [7, 11) is -3.85. The molecule has 1 aliphatic carbocycles. The van der Waals surface area contributed by atoms with Crippen LogP contribution in [0.1, 0.15) is 42.5 Å². The number of carbonyl (C=O) groups is 2. The van der Waals surface area contributed by atoms with Crippen molar-refractivity contribution >= 4 is 33.2 Å². The lowest BCUT2D eigenvalue weighted by atomic mass is 9.95. The average Bonchev–Trinajstić information content (AvgIpc) is 2.89. The molecule has 0 atom stereocenters. The molecule has 0 saturated heterocycles. The Kier molecular flexibility index (Phi) is 8.45. The van der Waals surface area contributed by atoms with Crippen LogP contribution in [-0.2, 0) is 14.8 Å². The zero-order chi connectivity index (χ0) is 26.3. The second kappa shape index (κ2) is 11.9. The second-order valence-corrected chi connectivity index (χ2v) is 11.0. The molecule has 37 heavy (non-hydrogen) atoms. The predicted octanol–water partition coefficient (Wildman–Crippen LogP) is 4.95. The maximum Gasteiger partial charge on any atom is 0.253 e. The molecule has 0 heterocycles. The van der Waals surface area contributed by atoms with Crippen molar-refractivity contribution < 1.29 is 22.7 Å². The number of rotatable bonds is 9. The van der Waals surface area contributed by atoms with Crippen LogP contribution in [0.25, 0.3) is 0 Å². The molecule has 2 N–H and O–H groups in total. The van der Waals surface area contributed by atoms with E-state index in [1.165, 1.54) is 6.42 Å². The first-order chi connectivity index (χ1) is 17.8. The summed E-state index contributed by atoms with van der Waals surface area (Å²) in [5.41, 5.74) is 0.885. The average molecular weight is 522 g/mol. The maximum atomic E-state index is 13.1. The second-order valence-electron chi connectivity index (χ2n) is 9.05. The van der Waals surface area contributed by atoms with Gasteiger partial charge in [-0.15, -0.1) is 0 Å². The summed E-state index contributed by atoms with van der Waals surface area (Å²) in [6.45, 7) is -0.493. The number of sulfonamides is 1. The molecular weight excluding hydrogens is 490 g/mol. The van der Waals surface area contributed by atoms with Crippen molar-refractivity contribution in [1.82, 2.24) is 5.32 Å². The minimum Gasteiger partial charge on any atom is -0.455 e. The van der Waals surface area contributed by atoms with E-state index in [1.807, 2.05) is 18.2 Å². The summed E-state index contributed by atoms with van der Waals surface area (Å²) < 4.78 is 32.4. The van der Waals surface area contributed by atoms with Gasteiger partial charge in [0.05, 0.1) is 23.2 Å². The Morgan fingerprint density at radius 2 is 1.54 bits per heavy atom. The molecule has 0 aliphatic heterocycles. The number of nitrogens with zero attached hydrogens (tertiary/aromatic N) is 1. The topological polar surface area (TPSA) is 105 Å². The lowest BCUT2D eigenvalue weighted by Crippen LogP contribution is -2.38. The van der Waals surface area contributed by atoms with E-state index < -0.39 is 22.5 Å². The fourth-order valence-corrected chi connectivity index (χ4v) is 5.23. The number of ether oxygens (including phenoxy) is 1. The highest BCUT2D eigenvalue weighted by Crippen LogP contribution is 2.33. The van der Waals surface area contributed by atoms with Gasteiger partial charge in [0.25, 0.3) is 5.91 Å². The van der Waals surface area contributed by atoms with Crippen LogP contribution in [0.3, 0.4) is 0 Å². The monoisotopic (exact) mass is 521 g/mol. The first-order valence-electron chi connectivity index (χ1n) is 12.3. The van der Waals surface area contributed by atoms with Crippen LogP contribution >= 0.6 is 0 Å². The zero-order valence-corrected chi connectivity index (χ0v) is 21.5. The van der Waals surface area contributed by atoms with Gasteiger partial charge >= 0.3 is 0 Å². The standard InChI is InChI=1S/C28H31N3O5S/c1-37(34,35)31(25-18-10-11-19-26(25)36-22-14-6-3-7-15-22)20-27(32)30-24-17-9-8-16-23(24)28(33)29-21-12-4-2-5-13-21/h3,6-11,14-19,21H,2,4-5,12-13,20H2,1H3,(H,29,33)(H,30,32). The maximum absolute atomic E-state index is 13.1. The highest BCUT2D eigenvalue weighted by atomic mass is 32.2. The van der Waals surface area contributed by atoms with Crippen LogP contribution in [0.2, 0.25) is 0 Å². The molecule has 1 saturated carbocycles. The van der Waals surface area contributed by atoms with Crippen molar-refractivity contribution in [3.8, 4) is 11.5 Å². The first-order valence-corrected chi connectivity index (χ1v) is 14.2. The molecular formula is C28H31N3O5S. The van der Waals surface area contributed by atoms with E-state index in [0.717, 1.165) is 36.2 Å². The summed E-state index contributed by atoms with van der Waals surface area (Å²) >= 11 is 0. The minimum atomic E-state index is -3.85. The van der Waals surface area contributed by atoms with E-state index >= 15 is 0 Å². The van der Waals surface area contributed by atoms with Gasteiger partial charge < -0.3 is 15.4 Å². The van der Waals surface area contributed by atoms with Crippen LogP contribution in [-0.4, -0.2) is 39.1 Å². The Morgan fingerprint density at radius 1 is 0.892 bits per heavy atom. The third-order valence-corrected chi connectivity index (χ3v) is 7.31. The van der Waals surface area contributed by atoms with E-state index in [-0.39, 0.29) is 17.6 Å². The minimum absolute atomic E-state index is 0.117. The van der Waals surface area contributed by atoms with Gasteiger partial charge in [0.2, 0.25) is 15.9 Å². The molecule has 0 aromatic heterocycles. The van der Waals surface area contributed by atoms with Crippen molar-refractivity contribution in [3.05, 3.63) is 84.4 Å². The van der Waals surface area contributed by atoms with Crippen LogP contribution in [0.5, 0.6) is 11.5 Å². The van der Waals surface area contributed by atoms with Crippen molar-refractivity contribution in [3.63, 3.8) is 0 Å². The Labute approximate surface area is 217 Å². The quantitative estimate of drug-likeness (QED) is 0.415. The summed E-state index contributed by atoms with van der Waals surface area (Å²) in [5.74, 6) is -0.0211. The molecule has 0 unspecified atom stereocenters. The normalized spacial score (nSPS) is 14.0. The lowest BCUT2D eigenvalue weighted by molar-refractivity contribution is -0.114.